The normalized spacial score (nSPS) is 19.2. The maximum absolute atomic E-state index is 5.77. The lowest BCUT2D eigenvalue weighted by molar-refractivity contribution is -0.0692. The highest BCUT2D eigenvalue weighted by Gasteiger charge is 2.48. The second-order valence-electron chi connectivity index (χ2n) is 9.43. The Bertz CT molecular complexity index is 1160. The van der Waals surface area contributed by atoms with Crippen LogP contribution in [0.2, 0.25) is 0 Å². The molecule has 7 heteroatoms. The van der Waals surface area contributed by atoms with Gasteiger partial charge >= 0.3 is 0 Å². The second kappa shape index (κ2) is 7.98. The van der Waals surface area contributed by atoms with Gasteiger partial charge < -0.3 is 15.0 Å². The minimum absolute atomic E-state index is 0.111. The summed E-state index contributed by atoms with van der Waals surface area (Å²) in [6.45, 7) is 12.9. The van der Waals surface area contributed by atoms with E-state index in [4.69, 9.17) is 9.72 Å². The van der Waals surface area contributed by atoms with Crippen molar-refractivity contribution >= 4 is 22.4 Å². The standard InChI is InChI=1S/C25H32N6O/c1-16-7-6-8-20(17(16)2)18(3)27-24-21-11-23(26-12-22(21)19(4)28-29-24)31-13-25(14-31)15-32-10-9-30(25)5/h6-8,11-12,18H,9-10,13-15H2,1-5H3,(H,27,29)/t18-/m1/s1. The van der Waals surface area contributed by atoms with Crippen LogP contribution >= 0.6 is 0 Å². The number of hydrogen-bond donors (Lipinski definition) is 1. The number of fused-ring (bicyclic) bond motifs is 1. The van der Waals surface area contributed by atoms with Crippen molar-refractivity contribution in [3.05, 3.63) is 52.8 Å². The molecule has 5 rings (SSSR count). The monoisotopic (exact) mass is 432 g/mol. The quantitative estimate of drug-likeness (QED) is 0.675. The number of rotatable bonds is 4. The molecular weight excluding hydrogens is 400 g/mol. The Labute approximate surface area is 189 Å². The van der Waals surface area contributed by atoms with Crippen molar-refractivity contribution in [2.45, 2.75) is 39.3 Å². The van der Waals surface area contributed by atoms with Crippen LogP contribution in [0.3, 0.4) is 0 Å². The fourth-order valence-corrected chi connectivity index (χ4v) is 4.94. The summed E-state index contributed by atoms with van der Waals surface area (Å²) in [5, 5.41) is 14.6. The van der Waals surface area contributed by atoms with Crippen molar-refractivity contribution in [1.82, 2.24) is 20.1 Å². The first-order valence-corrected chi connectivity index (χ1v) is 11.4. The lowest BCUT2D eigenvalue weighted by atomic mass is 9.88. The Hall–Kier alpha value is -2.77. The molecule has 1 atom stereocenters. The van der Waals surface area contributed by atoms with Crippen LogP contribution in [0.1, 0.15) is 35.3 Å². The molecule has 0 unspecified atom stereocenters. The van der Waals surface area contributed by atoms with Gasteiger partial charge in [-0.15, -0.1) is 5.10 Å². The maximum atomic E-state index is 5.77. The van der Waals surface area contributed by atoms with E-state index in [1.165, 1.54) is 16.7 Å². The zero-order chi connectivity index (χ0) is 22.5. The van der Waals surface area contributed by atoms with Gasteiger partial charge in [0, 0.05) is 36.6 Å². The zero-order valence-electron chi connectivity index (χ0n) is 19.6. The maximum Gasteiger partial charge on any atom is 0.157 e. The van der Waals surface area contributed by atoms with Crippen LogP contribution in [0.15, 0.2) is 30.5 Å². The molecule has 0 amide bonds. The van der Waals surface area contributed by atoms with Gasteiger partial charge in [-0.05, 0) is 57.5 Å². The van der Waals surface area contributed by atoms with E-state index in [1.54, 1.807) is 0 Å². The first kappa shape index (κ1) is 21.1. The van der Waals surface area contributed by atoms with Crippen molar-refractivity contribution in [2.24, 2.45) is 0 Å². The van der Waals surface area contributed by atoms with Crippen LogP contribution in [0.5, 0.6) is 0 Å². The third-order valence-corrected chi connectivity index (χ3v) is 7.35. The predicted octanol–water partition coefficient (Wildman–Crippen LogP) is 3.64. The predicted molar refractivity (Wildman–Crippen MR) is 128 cm³/mol. The highest BCUT2D eigenvalue weighted by atomic mass is 16.5. The van der Waals surface area contributed by atoms with Crippen molar-refractivity contribution < 1.29 is 4.74 Å². The molecule has 0 aliphatic carbocycles. The third kappa shape index (κ3) is 3.49. The molecule has 2 aromatic heterocycles. The first-order chi connectivity index (χ1) is 15.4. The summed E-state index contributed by atoms with van der Waals surface area (Å²) in [6.07, 6.45) is 1.94. The van der Waals surface area contributed by atoms with Gasteiger partial charge in [-0.3, -0.25) is 4.90 Å². The van der Waals surface area contributed by atoms with E-state index in [0.717, 1.165) is 61.0 Å². The van der Waals surface area contributed by atoms with Gasteiger partial charge in [-0.25, -0.2) is 4.98 Å². The molecule has 0 radical (unpaired) electrons. The highest BCUT2D eigenvalue weighted by molar-refractivity contribution is 5.94. The molecule has 0 saturated carbocycles. The van der Waals surface area contributed by atoms with Gasteiger partial charge in [0.15, 0.2) is 5.82 Å². The number of hydrogen-bond acceptors (Lipinski definition) is 7. The molecule has 2 aliphatic rings. The molecule has 1 N–H and O–H groups in total. The molecular formula is C25H32N6O. The van der Waals surface area contributed by atoms with E-state index < -0.39 is 0 Å². The molecule has 2 saturated heterocycles. The Morgan fingerprint density at radius 2 is 1.94 bits per heavy atom. The minimum atomic E-state index is 0.111. The number of anilines is 2. The van der Waals surface area contributed by atoms with E-state index >= 15 is 0 Å². The topological polar surface area (TPSA) is 66.4 Å². The van der Waals surface area contributed by atoms with E-state index in [1.807, 2.05) is 13.1 Å². The first-order valence-electron chi connectivity index (χ1n) is 11.4. The molecule has 1 spiro atoms. The number of ether oxygens (including phenoxy) is 1. The number of aryl methyl sites for hydroxylation is 2. The number of nitrogens with zero attached hydrogens (tertiary/aromatic N) is 5. The molecule has 0 bridgehead atoms. The second-order valence-corrected chi connectivity index (χ2v) is 9.43. The minimum Gasteiger partial charge on any atom is -0.378 e. The van der Waals surface area contributed by atoms with Gasteiger partial charge in [0.05, 0.1) is 30.5 Å². The van der Waals surface area contributed by atoms with E-state index in [2.05, 4.69) is 77.4 Å². The number of morpholine rings is 1. The molecule has 3 aromatic rings. The van der Waals surface area contributed by atoms with E-state index in [9.17, 15) is 0 Å². The smallest absolute Gasteiger partial charge is 0.157 e. The van der Waals surface area contributed by atoms with Crippen molar-refractivity contribution in [3.63, 3.8) is 0 Å². The largest absolute Gasteiger partial charge is 0.378 e. The lowest BCUT2D eigenvalue weighted by Crippen LogP contribution is -2.73. The molecule has 32 heavy (non-hydrogen) atoms. The summed E-state index contributed by atoms with van der Waals surface area (Å²) in [5.41, 5.74) is 4.89. The molecule has 7 nitrogen and oxygen atoms in total. The zero-order valence-corrected chi connectivity index (χ0v) is 19.6. The average molecular weight is 433 g/mol. The summed E-state index contributed by atoms with van der Waals surface area (Å²) in [6, 6.07) is 8.72. The van der Waals surface area contributed by atoms with Crippen LogP contribution in [0.4, 0.5) is 11.6 Å². The third-order valence-electron chi connectivity index (χ3n) is 7.35. The van der Waals surface area contributed by atoms with Crippen LogP contribution in [0, 0.1) is 20.8 Å². The Balaban J connectivity index is 1.44. The molecule has 2 aliphatic heterocycles. The van der Waals surface area contributed by atoms with Crippen LogP contribution in [0.25, 0.3) is 10.8 Å². The van der Waals surface area contributed by atoms with E-state index in [0.29, 0.717) is 0 Å². The molecule has 4 heterocycles. The van der Waals surface area contributed by atoms with Gasteiger partial charge in [-0.1, -0.05) is 18.2 Å². The fourth-order valence-electron chi connectivity index (χ4n) is 4.94. The molecule has 1 aromatic carbocycles. The number of likely N-dealkylation sites (N-methyl/N-ethyl adjacent to an activating group) is 1. The Morgan fingerprint density at radius 1 is 1.12 bits per heavy atom. The summed E-state index contributed by atoms with van der Waals surface area (Å²) < 4.78 is 5.77. The fraction of sp³-hybridized carbons (Fsp3) is 0.480. The van der Waals surface area contributed by atoms with Crippen molar-refractivity contribution in [3.8, 4) is 0 Å². The van der Waals surface area contributed by atoms with Gasteiger partial charge in [-0.2, -0.15) is 5.10 Å². The number of aromatic nitrogens is 3. The van der Waals surface area contributed by atoms with Crippen molar-refractivity contribution in [1.29, 1.82) is 0 Å². The highest BCUT2D eigenvalue weighted by Crippen LogP contribution is 2.35. The van der Waals surface area contributed by atoms with Gasteiger partial charge in [0.1, 0.15) is 5.82 Å². The van der Waals surface area contributed by atoms with Gasteiger partial charge in [0.2, 0.25) is 0 Å². The van der Waals surface area contributed by atoms with E-state index in [-0.39, 0.29) is 11.6 Å². The summed E-state index contributed by atoms with van der Waals surface area (Å²) in [7, 11) is 2.20. The number of nitrogens with one attached hydrogen (secondary N) is 1. The molecule has 168 valence electrons. The SMILES string of the molecule is Cc1cccc([C@@H](C)Nc2nnc(C)c3cnc(N4CC5(COCCN5C)C4)cc23)c1C. The Morgan fingerprint density at radius 3 is 2.72 bits per heavy atom. The van der Waals surface area contributed by atoms with Crippen LogP contribution < -0.4 is 10.2 Å². The van der Waals surface area contributed by atoms with Crippen LogP contribution in [-0.2, 0) is 4.74 Å². The van der Waals surface area contributed by atoms with Crippen molar-refractivity contribution in [2.75, 3.05) is 50.1 Å². The summed E-state index contributed by atoms with van der Waals surface area (Å²) >= 11 is 0. The van der Waals surface area contributed by atoms with Gasteiger partial charge in [0.25, 0.3) is 0 Å². The lowest BCUT2D eigenvalue weighted by Gasteiger charge is -2.56. The summed E-state index contributed by atoms with van der Waals surface area (Å²) in [4.78, 5) is 9.53. The van der Waals surface area contributed by atoms with Crippen LogP contribution in [-0.4, -0.2) is 65.5 Å². The molecule has 2 fully saturated rings. The average Bonchev–Trinajstić information content (AvgIpc) is 2.76. The number of benzene rings is 1. The Kier molecular flexibility index (Phi) is 5.26. The number of pyridine rings is 1. The summed E-state index contributed by atoms with van der Waals surface area (Å²) in [5.74, 6) is 1.79.